The summed E-state index contributed by atoms with van der Waals surface area (Å²) in [6.45, 7) is 0. The van der Waals surface area contributed by atoms with Gasteiger partial charge in [0.2, 0.25) is 0 Å². The van der Waals surface area contributed by atoms with Gasteiger partial charge in [0.25, 0.3) is 0 Å². The second-order valence-electron chi connectivity index (χ2n) is 1.66. The Kier molecular flexibility index (Phi) is 1.93. The van der Waals surface area contributed by atoms with E-state index in [4.69, 9.17) is 0 Å². The standard InChI is InChI=1S/C6H5NS.BrH/c1-2-6-7(3-1)4-5-8-6;/h1-5H;1H. The third-order valence-electron chi connectivity index (χ3n) is 1.15. The van der Waals surface area contributed by atoms with Gasteiger partial charge in [-0.15, -0.1) is 28.3 Å². The quantitative estimate of drug-likeness (QED) is 0.621. The Morgan fingerprint density at radius 3 is 3.00 bits per heavy atom. The number of fused-ring (bicyclic) bond motifs is 1. The summed E-state index contributed by atoms with van der Waals surface area (Å²) >= 11 is 1.76. The Balaban J connectivity index is 0.000000405. The van der Waals surface area contributed by atoms with Crippen molar-refractivity contribution in [3.05, 3.63) is 29.9 Å². The fraction of sp³-hybridized carbons (Fsp3) is 0. The first-order valence-electron chi connectivity index (χ1n) is 2.47. The molecule has 0 saturated carbocycles. The highest BCUT2D eigenvalue weighted by Crippen LogP contribution is 2.10. The van der Waals surface area contributed by atoms with Gasteiger partial charge in [-0.05, 0) is 12.1 Å². The summed E-state index contributed by atoms with van der Waals surface area (Å²) in [5.74, 6) is 0. The Hall–Kier alpha value is -0.280. The molecule has 2 heterocycles. The molecule has 48 valence electrons. The summed E-state index contributed by atoms with van der Waals surface area (Å²) in [7, 11) is 0. The average molecular weight is 204 g/mol. The van der Waals surface area contributed by atoms with Crippen LogP contribution in [0, 0.1) is 0 Å². The third-order valence-corrected chi connectivity index (χ3v) is 2.00. The van der Waals surface area contributed by atoms with Gasteiger partial charge in [0.1, 0.15) is 0 Å². The predicted molar refractivity (Wildman–Crippen MR) is 45.6 cm³/mol. The molecule has 0 aliphatic carbocycles. The van der Waals surface area contributed by atoms with Crippen molar-refractivity contribution in [2.45, 2.75) is 0 Å². The maximum absolute atomic E-state index is 2.10. The van der Waals surface area contributed by atoms with Crippen molar-refractivity contribution in [2.24, 2.45) is 0 Å². The van der Waals surface area contributed by atoms with E-state index < -0.39 is 0 Å². The normalized spacial score (nSPS) is 9.33. The predicted octanol–water partition coefficient (Wildman–Crippen LogP) is 2.58. The zero-order chi connectivity index (χ0) is 5.40. The largest absolute Gasteiger partial charge is 0.315 e. The van der Waals surface area contributed by atoms with Gasteiger partial charge in [-0.1, -0.05) is 0 Å². The van der Waals surface area contributed by atoms with E-state index in [1.807, 2.05) is 12.3 Å². The van der Waals surface area contributed by atoms with Crippen LogP contribution in [0.5, 0.6) is 0 Å². The number of aromatic nitrogens is 1. The number of rotatable bonds is 0. The fourth-order valence-electron chi connectivity index (χ4n) is 0.767. The molecular formula is C6H6BrNS. The van der Waals surface area contributed by atoms with Gasteiger partial charge in [0.15, 0.2) is 0 Å². The van der Waals surface area contributed by atoms with Crippen LogP contribution in [0.25, 0.3) is 4.83 Å². The van der Waals surface area contributed by atoms with Crippen LogP contribution < -0.4 is 0 Å². The van der Waals surface area contributed by atoms with E-state index in [1.54, 1.807) is 11.3 Å². The van der Waals surface area contributed by atoms with Crippen molar-refractivity contribution in [2.75, 3.05) is 0 Å². The van der Waals surface area contributed by atoms with Crippen molar-refractivity contribution in [1.29, 1.82) is 0 Å². The molecule has 0 atom stereocenters. The second-order valence-corrected chi connectivity index (χ2v) is 2.58. The number of thiazole rings is 1. The molecule has 0 aliphatic rings. The zero-order valence-electron chi connectivity index (χ0n) is 4.65. The molecule has 2 rings (SSSR count). The Morgan fingerprint density at radius 2 is 2.22 bits per heavy atom. The Labute approximate surface area is 67.7 Å². The highest BCUT2D eigenvalue weighted by atomic mass is 79.9. The highest BCUT2D eigenvalue weighted by Gasteiger charge is 1.86. The van der Waals surface area contributed by atoms with Crippen LogP contribution in [0.15, 0.2) is 29.9 Å². The molecule has 2 aromatic rings. The van der Waals surface area contributed by atoms with E-state index in [2.05, 4.69) is 22.0 Å². The fourth-order valence-corrected chi connectivity index (χ4v) is 1.50. The molecule has 0 bridgehead atoms. The van der Waals surface area contributed by atoms with Crippen molar-refractivity contribution in [3.8, 4) is 0 Å². The molecule has 0 unspecified atom stereocenters. The summed E-state index contributed by atoms with van der Waals surface area (Å²) in [4.78, 5) is 1.31. The minimum Gasteiger partial charge on any atom is -0.315 e. The first-order valence-corrected chi connectivity index (χ1v) is 3.35. The van der Waals surface area contributed by atoms with Gasteiger partial charge in [-0.2, -0.15) is 0 Å². The molecule has 0 aliphatic heterocycles. The van der Waals surface area contributed by atoms with Crippen LogP contribution in [0.3, 0.4) is 0 Å². The molecule has 1 nitrogen and oxygen atoms in total. The van der Waals surface area contributed by atoms with Crippen LogP contribution in [0.2, 0.25) is 0 Å². The van der Waals surface area contributed by atoms with E-state index in [0.717, 1.165) is 0 Å². The average Bonchev–Trinajstić information content (AvgIpc) is 2.15. The van der Waals surface area contributed by atoms with Gasteiger partial charge in [-0.3, -0.25) is 0 Å². The Morgan fingerprint density at radius 1 is 1.33 bits per heavy atom. The van der Waals surface area contributed by atoms with Gasteiger partial charge in [-0.25, -0.2) is 0 Å². The molecule has 0 spiro atoms. The molecule has 2 aromatic heterocycles. The molecule has 0 radical (unpaired) electrons. The summed E-state index contributed by atoms with van der Waals surface area (Å²) in [5, 5.41) is 2.08. The molecular weight excluding hydrogens is 198 g/mol. The van der Waals surface area contributed by atoms with E-state index in [-0.39, 0.29) is 17.0 Å². The number of halogens is 1. The summed E-state index contributed by atoms with van der Waals surface area (Å²) in [6, 6.07) is 4.15. The molecule has 3 heteroatoms. The van der Waals surface area contributed by atoms with Crippen LogP contribution in [0.1, 0.15) is 0 Å². The van der Waals surface area contributed by atoms with Crippen molar-refractivity contribution in [3.63, 3.8) is 0 Å². The van der Waals surface area contributed by atoms with E-state index >= 15 is 0 Å². The maximum atomic E-state index is 2.10. The number of hydrogen-bond acceptors (Lipinski definition) is 1. The van der Waals surface area contributed by atoms with Crippen LogP contribution in [-0.2, 0) is 0 Å². The van der Waals surface area contributed by atoms with Crippen molar-refractivity contribution in [1.82, 2.24) is 4.40 Å². The van der Waals surface area contributed by atoms with Gasteiger partial charge < -0.3 is 4.40 Å². The lowest BCUT2D eigenvalue weighted by Gasteiger charge is -1.73. The lowest BCUT2D eigenvalue weighted by molar-refractivity contribution is 1.24. The Bertz CT molecular complexity index is 234. The number of nitrogens with zero attached hydrogens (tertiary/aromatic N) is 1. The highest BCUT2D eigenvalue weighted by molar-refractivity contribution is 8.93. The van der Waals surface area contributed by atoms with E-state index in [1.165, 1.54) is 4.83 Å². The SMILES string of the molecule is Br.c1cc2sccn2c1. The molecule has 0 amide bonds. The van der Waals surface area contributed by atoms with Gasteiger partial charge in [0.05, 0.1) is 4.83 Å². The van der Waals surface area contributed by atoms with Crippen LogP contribution in [-0.4, -0.2) is 4.40 Å². The van der Waals surface area contributed by atoms with Crippen LogP contribution in [0.4, 0.5) is 0 Å². The maximum Gasteiger partial charge on any atom is 0.0990 e. The van der Waals surface area contributed by atoms with Crippen LogP contribution >= 0.6 is 28.3 Å². The summed E-state index contributed by atoms with van der Waals surface area (Å²) in [5.41, 5.74) is 0. The second kappa shape index (κ2) is 2.54. The van der Waals surface area contributed by atoms with Crippen molar-refractivity contribution < 1.29 is 0 Å². The minimum atomic E-state index is 0. The number of hydrogen-bond donors (Lipinski definition) is 0. The first-order chi connectivity index (χ1) is 3.97. The summed E-state index contributed by atoms with van der Waals surface area (Å²) in [6.07, 6.45) is 4.10. The zero-order valence-corrected chi connectivity index (χ0v) is 7.18. The van der Waals surface area contributed by atoms with E-state index in [0.29, 0.717) is 0 Å². The van der Waals surface area contributed by atoms with Gasteiger partial charge >= 0.3 is 0 Å². The van der Waals surface area contributed by atoms with Gasteiger partial charge in [0, 0.05) is 17.8 Å². The molecule has 0 aromatic carbocycles. The smallest absolute Gasteiger partial charge is 0.0990 e. The third kappa shape index (κ3) is 1.02. The van der Waals surface area contributed by atoms with Crippen molar-refractivity contribution >= 4 is 33.1 Å². The molecule has 9 heavy (non-hydrogen) atoms. The lowest BCUT2D eigenvalue weighted by atomic mass is 10.7. The molecule has 0 N–H and O–H groups in total. The van der Waals surface area contributed by atoms with E-state index in [9.17, 15) is 0 Å². The minimum absolute atomic E-state index is 0. The lowest BCUT2D eigenvalue weighted by Crippen LogP contribution is -1.64. The first kappa shape index (κ1) is 6.83. The monoisotopic (exact) mass is 203 g/mol. The molecule has 0 fully saturated rings. The molecule has 0 saturated heterocycles. The summed E-state index contributed by atoms with van der Waals surface area (Å²) < 4.78 is 2.10. The topological polar surface area (TPSA) is 4.41 Å².